The average molecular weight is 332 g/mol. The molecule has 0 bridgehead atoms. The second-order valence-electron chi connectivity index (χ2n) is 4.98. The minimum absolute atomic E-state index is 0.0552. The third-order valence-corrected chi connectivity index (χ3v) is 4.19. The van der Waals surface area contributed by atoms with Crippen molar-refractivity contribution in [3.8, 4) is 0 Å². The minimum Gasteiger partial charge on any atom is -0.287 e. The smallest absolute Gasteiger partial charge is 0.287 e. The summed E-state index contributed by atoms with van der Waals surface area (Å²) in [6.07, 6.45) is 0.581. The Balaban J connectivity index is 2.02. The van der Waals surface area contributed by atoms with Crippen LogP contribution in [0.15, 0.2) is 64.5 Å². The van der Waals surface area contributed by atoms with Gasteiger partial charge in [0.2, 0.25) is 0 Å². The number of aryl methyl sites for hydroxylation is 1. The van der Waals surface area contributed by atoms with Crippen molar-refractivity contribution in [1.82, 2.24) is 9.55 Å². The molecule has 0 aliphatic heterocycles. The zero-order valence-corrected chi connectivity index (χ0v) is 13.0. The maximum atomic E-state index is 12.8. The molecule has 0 spiro atoms. The van der Waals surface area contributed by atoms with Gasteiger partial charge in [0, 0.05) is 6.54 Å². The second kappa shape index (κ2) is 6.91. The zero-order valence-electron chi connectivity index (χ0n) is 12.2. The van der Waals surface area contributed by atoms with E-state index in [1.54, 1.807) is 24.3 Å². The molecule has 1 aromatic heterocycles. The van der Waals surface area contributed by atoms with Gasteiger partial charge in [0.05, 0.1) is 10.9 Å². The molecule has 6 heteroatoms. The third-order valence-electron chi connectivity index (χ3n) is 3.49. The van der Waals surface area contributed by atoms with Gasteiger partial charge in [0.25, 0.3) is 11.3 Å². The van der Waals surface area contributed by atoms with E-state index in [1.807, 2.05) is 30.3 Å². The molecule has 0 aliphatic rings. The normalized spacial score (nSPS) is 11.3. The molecule has 0 saturated carbocycles. The molecule has 0 amide bonds. The maximum absolute atomic E-state index is 12.8. The van der Waals surface area contributed by atoms with E-state index in [0.717, 1.165) is 5.56 Å². The summed E-state index contributed by atoms with van der Waals surface area (Å²) >= 11 is 0.308. The predicted octanol–water partition coefficient (Wildman–Crippen LogP) is 3.95. The molecule has 23 heavy (non-hydrogen) atoms. The number of para-hydroxylation sites is 1. The number of nitrogens with zero attached hydrogens (tertiary/aromatic N) is 2. The minimum atomic E-state index is -2.62. The first-order chi connectivity index (χ1) is 11.1. The van der Waals surface area contributed by atoms with Gasteiger partial charge in [-0.05, 0) is 35.9 Å². The van der Waals surface area contributed by atoms with E-state index in [4.69, 9.17) is 0 Å². The zero-order chi connectivity index (χ0) is 16.2. The van der Waals surface area contributed by atoms with Crippen LogP contribution in [-0.4, -0.2) is 15.3 Å². The van der Waals surface area contributed by atoms with Crippen LogP contribution < -0.4 is 5.56 Å². The Morgan fingerprint density at radius 2 is 1.74 bits per heavy atom. The molecule has 1 heterocycles. The summed E-state index contributed by atoms with van der Waals surface area (Å²) in [5.74, 6) is -2.62. The van der Waals surface area contributed by atoms with Crippen LogP contribution in [0, 0.1) is 0 Å². The molecular formula is C17H14F2N2OS. The Kier molecular flexibility index (Phi) is 4.71. The van der Waals surface area contributed by atoms with E-state index in [-0.39, 0.29) is 10.7 Å². The Morgan fingerprint density at radius 1 is 1.04 bits per heavy atom. The first-order valence-electron chi connectivity index (χ1n) is 7.13. The van der Waals surface area contributed by atoms with Crippen molar-refractivity contribution in [2.75, 3.05) is 0 Å². The number of rotatable bonds is 5. The van der Waals surface area contributed by atoms with Crippen molar-refractivity contribution in [3.05, 3.63) is 70.5 Å². The first kappa shape index (κ1) is 15.7. The first-order valence-corrected chi connectivity index (χ1v) is 8.01. The lowest BCUT2D eigenvalue weighted by molar-refractivity contribution is 0.251. The number of hydrogen-bond acceptors (Lipinski definition) is 3. The standard InChI is InChI=1S/C17H14F2N2OS/c18-16(19)23-17-20-14-9-5-4-8-13(14)15(22)21(17)11-10-12-6-2-1-3-7-12/h1-9,16H,10-11H2. The third kappa shape index (κ3) is 3.59. The number of thioether (sulfide) groups is 1. The SMILES string of the molecule is O=c1c2ccccc2nc(SC(F)F)n1CCc1ccccc1. The number of hydrogen-bond donors (Lipinski definition) is 0. The molecule has 0 unspecified atom stereocenters. The van der Waals surface area contributed by atoms with E-state index < -0.39 is 5.76 Å². The van der Waals surface area contributed by atoms with Crippen molar-refractivity contribution in [2.24, 2.45) is 0 Å². The molecule has 118 valence electrons. The van der Waals surface area contributed by atoms with Crippen LogP contribution in [-0.2, 0) is 13.0 Å². The van der Waals surface area contributed by atoms with Gasteiger partial charge in [-0.2, -0.15) is 8.78 Å². The lowest BCUT2D eigenvalue weighted by Crippen LogP contribution is -2.24. The molecule has 0 saturated heterocycles. The quantitative estimate of drug-likeness (QED) is 0.524. The number of fused-ring (bicyclic) bond motifs is 1. The Bertz CT molecular complexity index is 865. The van der Waals surface area contributed by atoms with Gasteiger partial charge in [0.1, 0.15) is 0 Å². The van der Waals surface area contributed by atoms with Crippen LogP contribution in [0.25, 0.3) is 10.9 Å². The molecular weight excluding hydrogens is 318 g/mol. The van der Waals surface area contributed by atoms with Crippen molar-refractivity contribution in [2.45, 2.75) is 23.9 Å². The highest BCUT2D eigenvalue weighted by molar-refractivity contribution is 7.99. The fraction of sp³-hybridized carbons (Fsp3) is 0.176. The summed E-state index contributed by atoms with van der Waals surface area (Å²) < 4.78 is 26.9. The molecule has 0 aliphatic carbocycles. The van der Waals surface area contributed by atoms with E-state index in [0.29, 0.717) is 35.6 Å². The average Bonchev–Trinajstić information content (AvgIpc) is 2.55. The van der Waals surface area contributed by atoms with E-state index >= 15 is 0 Å². The van der Waals surface area contributed by atoms with Crippen LogP contribution in [0.4, 0.5) is 8.78 Å². The lowest BCUT2D eigenvalue weighted by Gasteiger charge is -2.12. The topological polar surface area (TPSA) is 34.9 Å². The van der Waals surface area contributed by atoms with Gasteiger partial charge in [-0.25, -0.2) is 4.98 Å². The highest BCUT2D eigenvalue weighted by atomic mass is 32.2. The molecule has 3 aromatic rings. The van der Waals surface area contributed by atoms with Gasteiger partial charge >= 0.3 is 0 Å². The monoisotopic (exact) mass is 332 g/mol. The second-order valence-corrected chi connectivity index (χ2v) is 5.94. The lowest BCUT2D eigenvalue weighted by atomic mass is 10.1. The van der Waals surface area contributed by atoms with Crippen LogP contribution in [0.2, 0.25) is 0 Å². The van der Waals surface area contributed by atoms with Crippen LogP contribution >= 0.6 is 11.8 Å². The van der Waals surface area contributed by atoms with Gasteiger partial charge in [-0.15, -0.1) is 0 Å². The highest BCUT2D eigenvalue weighted by Gasteiger charge is 2.15. The van der Waals surface area contributed by atoms with Crippen molar-refractivity contribution in [1.29, 1.82) is 0 Å². The summed E-state index contributed by atoms with van der Waals surface area (Å²) in [5.41, 5.74) is 1.20. The van der Waals surface area contributed by atoms with Crippen molar-refractivity contribution in [3.63, 3.8) is 0 Å². The summed E-state index contributed by atoms with van der Waals surface area (Å²) in [6.45, 7) is 0.315. The largest absolute Gasteiger partial charge is 0.291 e. The Morgan fingerprint density at radius 3 is 2.48 bits per heavy atom. The van der Waals surface area contributed by atoms with Crippen LogP contribution in [0.5, 0.6) is 0 Å². The summed E-state index contributed by atoms with van der Waals surface area (Å²) in [5, 5.41) is 0.499. The van der Waals surface area contributed by atoms with Crippen molar-refractivity contribution < 1.29 is 8.78 Å². The van der Waals surface area contributed by atoms with Gasteiger partial charge in [0.15, 0.2) is 5.16 Å². The fourth-order valence-electron chi connectivity index (χ4n) is 2.40. The fourth-order valence-corrected chi connectivity index (χ4v) is 3.01. The molecule has 0 fully saturated rings. The number of halogens is 2. The van der Waals surface area contributed by atoms with E-state index in [9.17, 15) is 13.6 Å². The summed E-state index contributed by atoms with van der Waals surface area (Å²) in [6, 6.07) is 16.4. The van der Waals surface area contributed by atoms with E-state index in [1.165, 1.54) is 4.57 Å². The molecule has 3 rings (SSSR count). The molecule has 0 radical (unpaired) electrons. The molecule has 2 aromatic carbocycles. The number of benzene rings is 2. The van der Waals surface area contributed by atoms with Crippen LogP contribution in [0.1, 0.15) is 5.56 Å². The molecule has 3 nitrogen and oxygen atoms in total. The number of aromatic nitrogens is 2. The van der Waals surface area contributed by atoms with Crippen LogP contribution in [0.3, 0.4) is 0 Å². The van der Waals surface area contributed by atoms with Gasteiger partial charge < -0.3 is 0 Å². The van der Waals surface area contributed by atoms with Crippen molar-refractivity contribution >= 4 is 22.7 Å². The maximum Gasteiger partial charge on any atom is 0.291 e. The predicted molar refractivity (Wildman–Crippen MR) is 88.0 cm³/mol. The van der Waals surface area contributed by atoms with Gasteiger partial charge in [-0.1, -0.05) is 42.5 Å². The summed E-state index contributed by atoms with van der Waals surface area (Å²) in [7, 11) is 0. The Hall–Kier alpha value is -2.21. The summed E-state index contributed by atoms with van der Waals surface area (Å²) in [4.78, 5) is 16.9. The highest BCUT2D eigenvalue weighted by Crippen LogP contribution is 2.24. The van der Waals surface area contributed by atoms with E-state index in [2.05, 4.69) is 4.98 Å². The molecule has 0 atom stereocenters. The van der Waals surface area contributed by atoms with Gasteiger partial charge in [-0.3, -0.25) is 9.36 Å². The number of alkyl halides is 2. The molecule has 0 N–H and O–H groups in total. The Labute approximate surface area is 136 Å².